The average Bonchev–Trinajstić information content (AvgIpc) is 3.00. The Bertz CT molecular complexity index is 1010. The molecule has 0 unspecified atom stereocenters. The highest BCUT2D eigenvalue weighted by Gasteiger charge is 2.22. The van der Waals surface area contributed by atoms with Gasteiger partial charge < -0.3 is 9.88 Å². The molecule has 128 valence electrons. The number of carbonyl (C=O) groups is 1. The SMILES string of the molecule is Cc1cc2nc(SCC(=O)N3CCCc4ccccc43)[nH]c(=O)c2[nH]1. The first kappa shape index (κ1) is 16.0. The van der Waals surface area contributed by atoms with Crippen LogP contribution in [0.25, 0.3) is 11.0 Å². The Morgan fingerprint density at radius 2 is 2.16 bits per heavy atom. The molecule has 0 spiro atoms. The highest BCUT2D eigenvalue weighted by Crippen LogP contribution is 2.27. The second-order valence-electron chi connectivity index (χ2n) is 6.15. The third-order valence-corrected chi connectivity index (χ3v) is 5.20. The number of anilines is 1. The van der Waals surface area contributed by atoms with Gasteiger partial charge >= 0.3 is 0 Å². The maximum atomic E-state index is 12.7. The molecule has 0 saturated heterocycles. The molecule has 0 saturated carbocycles. The van der Waals surface area contributed by atoms with Crippen molar-refractivity contribution in [1.82, 2.24) is 15.0 Å². The molecule has 6 nitrogen and oxygen atoms in total. The van der Waals surface area contributed by atoms with Gasteiger partial charge in [0.25, 0.3) is 5.56 Å². The van der Waals surface area contributed by atoms with Crippen molar-refractivity contribution in [2.75, 3.05) is 17.2 Å². The number of aryl methyl sites for hydroxylation is 2. The number of aromatic amines is 2. The highest BCUT2D eigenvalue weighted by molar-refractivity contribution is 7.99. The standard InChI is InChI=1S/C18H18N4O2S/c1-11-9-13-16(19-11)17(24)21-18(20-13)25-10-15(23)22-8-4-6-12-5-2-3-7-14(12)22/h2-3,5,7,9,19H,4,6,8,10H2,1H3,(H,20,21,24). The molecule has 2 N–H and O–H groups in total. The number of aromatic nitrogens is 3. The Kier molecular flexibility index (Phi) is 4.09. The lowest BCUT2D eigenvalue weighted by Gasteiger charge is -2.29. The van der Waals surface area contributed by atoms with Crippen LogP contribution in [0.3, 0.4) is 0 Å². The van der Waals surface area contributed by atoms with Gasteiger partial charge in [0.05, 0.1) is 11.3 Å². The number of H-pyrrole nitrogens is 2. The van der Waals surface area contributed by atoms with E-state index in [2.05, 4.69) is 21.0 Å². The molecule has 3 heterocycles. The summed E-state index contributed by atoms with van der Waals surface area (Å²) in [6, 6.07) is 9.86. The zero-order valence-corrected chi connectivity index (χ0v) is 14.7. The number of hydrogen-bond donors (Lipinski definition) is 2. The summed E-state index contributed by atoms with van der Waals surface area (Å²) >= 11 is 1.26. The summed E-state index contributed by atoms with van der Waals surface area (Å²) in [4.78, 5) is 36.7. The fourth-order valence-corrected chi connectivity index (χ4v) is 3.95. The summed E-state index contributed by atoms with van der Waals surface area (Å²) in [6.45, 7) is 2.61. The van der Waals surface area contributed by atoms with E-state index < -0.39 is 0 Å². The normalized spacial score (nSPS) is 13.9. The van der Waals surface area contributed by atoms with Crippen LogP contribution in [0.15, 0.2) is 40.3 Å². The molecular weight excluding hydrogens is 336 g/mol. The number of nitrogens with one attached hydrogen (secondary N) is 2. The quantitative estimate of drug-likeness (QED) is 0.560. The molecule has 25 heavy (non-hydrogen) atoms. The molecule has 3 aromatic rings. The van der Waals surface area contributed by atoms with Crippen molar-refractivity contribution in [1.29, 1.82) is 0 Å². The predicted octanol–water partition coefficient (Wildman–Crippen LogP) is 2.63. The fraction of sp³-hybridized carbons (Fsp3) is 0.278. The molecule has 0 radical (unpaired) electrons. The van der Waals surface area contributed by atoms with Crippen LogP contribution >= 0.6 is 11.8 Å². The minimum absolute atomic E-state index is 0.0325. The molecule has 0 fully saturated rings. The molecule has 0 aliphatic carbocycles. The van der Waals surface area contributed by atoms with Gasteiger partial charge in [-0.2, -0.15) is 0 Å². The molecule has 1 aliphatic heterocycles. The maximum absolute atomic E-state index is 12.7. The van der Waals surface area contributed by atoms with Crippen molar-refractivity contribution >= 4 is 34.4 Å². The zero-order valence-electron chi connectivity index (χ0n) is 13.8. The van der Waals surface area contributed by atoms with Gasteiger partial charge in [-0.15, -0.1) is 0 Å². The number of fused-ring (bicyclic) bond motifs is 2. The Morgan fingerprint density at radius 3 is 3.04 bits per heavy atom. The number of hydrogen-bond acceptors (Lipinski definition) is 4. The molecular formula is C18H18N4O2S. The summed E-state index contributed by atoms with van der Waals surface area (Å²) in [5.74, 6) is 0.275. The minimum atomic E-state index is -0.212. The van der Waals surface area contributed by atoms with Crippen molar-refractivity contribution in [2.24, 2.45) is 0 Å². The van der Waals surface area contributed by atoms with Crippen LogP contribution in [0, 0.1) is 6.92 Å². The summed E-state index contributed by atoms with van der Waals surface area (Å²) < 4.78 is 0. The minimum Gasteiger partial charge on any atom is -0.353 e. The van der Waals surface area contributed by atoms with Crippen molar-refractivity contribution in [3.63, 3.8) is 0 Å². The van der Waals surface area contributed by atoms with Gasteiger partial charge in [0, 0.05) is 17.9 Å². The monoisotopic (exact) mass is 354 g/mol. The van der Waals surface area contributed by atoms with Gasteiger partial charge in [0.15, 0.2) is 5.16 Å². The number of amides is 1. The Hall–Kier alpha value is -2.54. The molecule has 1 aliphatic rings. The molecule has 0 bridgehead atoms. The molecule has 0 atom stereocenters. The summed E-state index contributed by atoms with van der Waals surface area (Å²) in [5, 5.41) is 0.468. The van der Waals surface area contributed by atoms with Crippen molar-refractivity contribution in [2.45, 2.75) is 24.9 Å². The van der Waals surface area contributed by atoms with Crippen LogP contribution < -0.4 is 10.5 Å². The number of thioether (sulfide) groups is 1. The Labute approximate surface area is 148 Å². The van der Waals surface area contributed by atoms with Gasteiger partial charge in [0.1, 0.15) is 5.52 Å². The van der Waals surface area contributed by atoms with Gasteiger partial charge in [-0.1, -0.05) is 30.0 Å². The summed E-state index contributed by atoms with van der Waals surface area (Å²) in [6.07, 6.45) is 1.97. The fourth-order valence-electron chi connectivity index (χ4n) is 3.20. The average molecular weight is 354 g/mol. The summed E-state index contributed by atoms with van der Waals surface area (Å²) in [7, 11) is 0. The van der Waals surface area contributed by atoms with E-state index in [0.29, 0.717) is 16.2 Å². The summed E-state index contributed by atoms with van der Waals surface area (Å²) in [5.41, 5.74) is 3.98. The van der Waals surface area contributed by atoms with E-state index >= 15 is 0 Å². The van der Waals surface area contributed by atoms with Crippen molar-refractivity contribution < 1.29 is 4.79 Å². The maximum Gasteiger partial charge on any atom is 0.275 e. The molecule has 2 aromatic heterocycles. The van der Waals surface area contributed by atoms with E-state index in [1.54, 1.807) is 0 Å². The lowest BCUT2D eigenvalue weighted by molar-refractivity contribution is -0.116. The molecule has 1 amide bonds. The van der Waals surface area contributed by atoms with E-state index in [1.165, 1.54) is 17.3 Å². The largest absolute Gasteiger partial charge is 0.353 e. The van der Waals surface area contributed by atoms with E-state index in [9.17, 15) is 9.59 Å². The van der Waals surface area contributed by atoms with Crippen LogP contribution in [0.4, 0.5) is 5.69 Å². The van der Waals surface area contributed by atoms with Crippen LogP contribution in [-0.4, -0.2) is 33.2 Å². The Balaban J connectivity index is 1.52. The van der Waals surface area contributed by atoms with Gasteiger partial charge in [0.2, 0.25) is 5.91 Å². The number of carbonyl (C=O) groups excluding carboxylic acids is 1. The molecule has 7 heteroatoms. The second-order valence-corrected chi connectivity index (χ2v) is 7.11. The van der Waals surface area contributed by atoms with Crippen LogP contribution in [0.2, 0.25) is 0 Å². The third kappa shape index (κ3) is 3.07. The van der Waals surface area contributed by atoms with E-state index in [0.717, 1.165) is 30.8 Å². The predicted molar refractivity (Wildman–Crippen MR) is 99.3 cm³/mol. The van der Waals surface area contributed by atoms with Gasteiger partial charge in [-0.3, -0.25) is 14.6 Å². The first-order valence-corrected chi connectivity index (χ1v) is 9.21. The Morgan fingerprint density at radius 1 is 1.32 bits per heavy atom. The number of benzene rings is 1. The van der Waals surface area contributed by atoms with Gasteiger partial charge in [-0.25, -0.2) is 4.98 Å². The van der Waals surface area contributed by atoms with E-state index in [1.807, 2.05) is 36.1 Å². The van der Waals surface area contributed by atoms with Crippen molar-refractivity contribution in [3.05, 3.63) is 51.9 Å². The smallest absolute Gasteiger partial charge is 0.275 e. The van der Waals surface area contributed by atoms with Crippen LogP contribution in [-0.2, 0) is 11.2 Å². The van der Waals surface area contributed by atoms with Gasteiger partial charge in [-0.05, 0) is 37.5 Å². The topological polar surface area (TPSA) is 81.8 Å². The van der Waals surface area contributed by atoms with Crippen LogP contribution in [0.1, 0.15) is 17.7 Å². The number of rotatable bonds is 3. The second kappa shape index (κ2) is 6.40. The lowest BCUT2D eigenvalue weighted by Crippen LogP contribution is -2.36. The van der Waals surface area contributed by atoms with E-state index in [4.69, 9.17) is 0 Å². The first-order chi connectivity index (χ1) is 12.1. The molecule has 4 rings (SSSR count). The van der Waals surface area contributed by atoms with Crippen LogP contribution in [0.5, 0.6) is 0 Å². The lowest BCUT2D eigenvalue weighted by atomic mass is 10.0. The zero-order chi connectivity index (χ0) is 17.4. The highest BCUT2D eigenvalue weighted by atomic mass is 32.2. The van der Waals surface area contributed by atoms with Crippen molar-refractivity contribution in [3.8, 4) is 0 Å². The third-order valence-electron chi connectivity index (χ3n) is 4.34. The number of nitrogens with zero attached hydrogens (tertiary/aromatic N) is 2. The van der Waals surface area contributed by atoms with E-state index in [-0.39, 0.29) is 17.2 Å². The molecule has 1 aromatic carbocycles. The number of para-hydroxylation sites is 1. The first-order valence-electron chi connectivity index (χ1n) is 8.22.